The van der Waals surface area contributed by atoms with Crippen LogP contribution in [0.2, 0.25) is 0 Å². The number of anilines is 1. The maximum atomic E-state index is 14.5. The average molecular weight is 453 g/mol. The summed E-state index contributed by atoms with van der Waals surface area (Å²) in [5.41, 5.74) is 2.89. The van der Waals surface area contributed by atoms with Gasteiger partial charge in [0, 0.05) is 30.8 Å². The van der Waals surface area contributed by atoms with Gasteiger partial charge in [0.05, 0.1) is 36.6 Å². The van der Waals surface area contributed by atoms with Crippen LogP contribution in [-0.2, 0) is 13.0 Å². The van der Waals surface area contributed by atoms with Crippen molar-refractivity contribution in [1.29, 1.82) is 0 Å². The number of hydrogen-bond acceptors (Lipinski definition) is 8. The first kappa shape index (κ1) is 21.8. The van der Waals surface area contributed by atoms with Crippen molar-refractivity contribution >= 4 is 16.9 Å². The quantitative estimate of drug-likeness (QED) is 0.566. The lowest BCUT2D eigenvalue weighted by molar-refractivity contribution is 0.198. The molecule has 2 aliphatic rings. The Bertz CT molecular complexity index is 1120. The summed E-state index contributed by atoms with van der Waals surface area (Å²) in [4.78, 5) is 15.6. The number of pyridine rings is 3. The first-order valence-electron chi connectivity index (χ1n) is 11.5. The Balaban J connectivity index is 1.13. The zero-order valence-corrected chi connectivity index (χ0v) is 18.8. The second-order valence-electron chi connectivity index (χ2n) is 8.48. The minimum absolute atomic E-state index is 0.308. The van der Waals surface area contributed by atoms with Crippen molar-refractivity contribution in [1.82, 2.24) is 25.2 Å². The molecule has 1 fully saturated rings. The highest BCUT2D eigenvalue weighted by molar-refractivity contribution is 5.78. The molecule has 0 bridgehead atoms. The molecule has 0 aliphatic carbocycles. The summed E-state index contributed by atoms with van der Waals surface area (Å²) in [6.45, 7) is 4.96. The van der Waals surface area contributed by atoms with Gasteiger partial charge in [0.15, 0.2) is 11.6 Å². The standard InChI is InChI=1S/C24H29FN6O2/c1-32-22-5-3-20-23(30-22)18(19(25)15-28-20)8-12-31-10-6-16(7-11-31)27-14-17-2-4-21-24(29-17)26-9-13-33-21/h2-5,15-16,27H,6-14H2,1H3,(H,26,29). The van der Waals surface area contributed by atoms with Gasteiger partial charge >= 0.3 is 0 Å². The van der Waals surface area contributed by atoms with Crippen LogP contribution in [0.3, 0.4) is 0 Å². The second-order valence-corrected chi connectivity index (χ2v) is 8.48. The van der Waals surface area contributed by atoms with Crippen LogP contribution in [0.25, 0.3) is 11.0 Å². The molecule has 5 rings (SSSR count). The van der Waals surface area contributed by atoms with E-state index in [0.29, 0.717) is 41.5 Å². The van der Waals surface area contributed by atoms with E-state index in [1.54, 1.807) is 13.2 Å². The molecule has 5 heterocycles. The highest BCUT2D eigenvalue weighted by Gasteiger charge is 2.20. The van der Waals surface area contributed by atoms with Crippen LogP contribution < -0.4 is 20.1 Å². The molecule has 0 amide bonds. The number of methoxy groups -OCH3 is 1. The molecule has 1 saturated heterocycles. The molecule has 2 N–H and O–H groups in total. The molecule has 33 heavy (non-hydrogen) atoms. The summed E-state index contributed by atoms with van der Waals surface area (Å²) >= 11 is 0. The summed E-state index contributed by atoms with van der Waals surface area (Å²) in [6, 6.07) is 8.03. The molecule has 0 saturated carbocycles. The molecule has 0 unspecified atom stereocenters. The van der Waals surface area contributed by atoms with Gasteiger partial charge in [-0.2, -0.15) is 0 Å². The zero-order chi connectivity index (χ0) is 22.6. The van der Waals surface area contributed by atoms with Gasteiger partial charge in [-0.05, 0) is 50.6 Å². The van der Waals surface area contributed by atoms with E-state index in [9.17, 15) is 4.39 Å². The molecule has 3 aromatic rings. The smallest absolute Gasteiger partial charge is 0.213 e. The van der Waals surface area contributed by atoms with Crippen LogP contribution in [0.5, 0.6) is 11.6 Å². The molecule has 0 aromatic carbocycles. The minimum Gasteiger partial charge on any atom is -0.488 e. The molecule has 174 valence electrons. The van der Waals surface area contributed by atoms with E-state index >= 15 is 0 Å². The first-order valence-corrected chi connectivity index (χ1v) is 11.5. The second kappa shape index (κ2) is 9.84. The Labute approximate surface area is 192 Å². The Morgan fingerprint density at radius 1 is 1.21 bits per heavy atom. The zero-order valence-electron chi connectivity index (χ0n) is 18.8. The number of piperidine rings is 1. The highest BCUT2D eigenvalue weighted by Crippen LogP contribution is 2.25. The van der Waals surface area contributed by atoms with Crippen LogP contribution in [0.4, 0.5) is 10.2 Å². The maximum absolute atomic E-state index is 14.5. The third kappa shape index (κ3) is 4.99. The fourth-order valence-corrected chi connectivity index (χ4v) is 4.47. The van der Waals surface area contributed by atoms with Gasteiger partial charge < -0.3 is 25.0 Å². The normalized spacial score (nSPS) is 16.8. The number of ether oxygens (including phenoxy) is 2. The maximum Gasteiger partial charge on any atom is 0.213 e. The Kier molecular flexibility index (Phi) is 6.50. The lowest BCUT2D eigenvalue weighted by Gasteiger charge is -2.32. The van der Waals surface area contributed by atoms with Crippen molar-refractivity contribution in [3.05, 3.63) is 47.5 Å². The molecule has 0 atom stereocenters. The Morgan fingerprint density at radius 2 is 2.09 bits per heavy atom. The number of hydrogen-bond donors (Lipinski definition) is 2. The number of aromatic nitrogens is 3. The molecule has 8 nitrogen and oxygen atoms in total. The molecule has 0 spiro atoms. The number of halogens is 1. The fourth-order valence-electron chi connectivity index (χ4n) is 4.47. The highest BCUT2D eigenvalue weighted by atomic mass is 19.1. The lowest BCUT2D eigenvalue weighted by atomic mass is 10.0. The van der Waals surface area contributed by atoms with Crippen LogP contribution in [0.1, 0.15) is 24.1 Å². The minimum atomic E-state index is -0.308. The average Bonchev–Trinajstić information content (AvgIpc) is 2.87. The number of fused-ring (bicyclic) bond motifs is 2. The molecular weight excluding hydrogens is 423 g/mol. The SMILES string of the molecule is COc1ccc2ncc(F)c(CCN3CCC(NCc4ccc5c(n4)NCCO5)CC3)c2n1. The van der Waals surface area contributed by atoms with E-state index < -0.39 is 0 Å². The summed E-state index contributed by atoms with van der Waals surface area (Å²) in [7, 11) is 1.56. The van der Waals surface area contributed by atoms with Crippen LogP contribution >= 0.6 is 0 Å². The van der Waals surface area contributed by atoms with Crippen LogP contribution in [0, 0.1) is 5.82 Å². The van der Waals surface area contributed by atoms with Crippen LogP contribution in [-0.4, -0.2) is 65.8 Å². The van der Waals surface area contributed by atoms with E-state index in [2.05, 4.69) is 30.5 Å². The van der Waals surface area contributed by atoms with E-state index in [1.165, 1.54) is 6.20 Å². The first-order chi connectivity index (χ1) is 16.2. The van der Waals surface area contributed by atoms with Gasteiger partial charge in [-0.3, -0.25) is 4.98 Å². The van der Waals surface area contributed by atoms with Gasteiger partial charge in [0.25, 0.3) is 0 Å². The fraction of sp³-hybridized carbons (Fsp3) is 0.458. The van der Waals surface area contributed by atoms with Crippen molar-refractivity contribution in [2.24, 2.45) is 0 Å². The van der Waals surface area contributed by atoms with Gasteiger partial charge in [0.2, 0.25) is 5.88 Å². The summed E-state index contributed by atoms with van der Waals surface area (Å²) < 4.78 is 25.4. The summed E-state index contributed by atoms with van der Waals surface area (Å²) in [5.74, 6) is 1.82. The Hall–Kier alpha value is -3.04. The third-order valence-corrected chi connectivity index (χ3v) is 6.35. The van der Waals surface area contributed by atoms with E-state index in [4.69, 9.17) is 9.47 Å². The van der Waals surface area contributed by atoms with E-state index in [-0.39, 0.29) is 5.82 Å². The van der Waals surface area contributed by atoms with Gasteiger partial charge in [0.1, 0.15) is 12.4 Å². The number of rotatable bonds is 7. The lowest BCUT2D eigenvalue weighted by Crippen LogP contribution is -2.43. The summed E-state index contributed by atoms with van der Waals surface area (Å²) in [6.07, 6.45) is 3.99. The predicted octanol–water partition coefficient (Wildman–Crippen LogP) is 2.77. The van der Waals surface area contributed by atoms with Gasteiger partial charge in [-0.25, -0.2) is 14.4 Å². The van der Waals surface area contributed by atoms with E-state index in [0.717, 1.165) is 62.8 Å². The largest absolute Gasteiger partial charge is 0.488 e. The predicted molar refractivity (Wildman–Crippen MR) is 124 cm³/mol. The van der Waals surface area contributed by atoms with Crippen LogP contribution in [0.15, 0.2) is 30.5 Å². The summed E-state index contributed by atoms with van der Waals surface area (Å²) in [5, 5.41) is 6.92. The molecule has 2 aliphatic heterocycles. The van der Waals surface area contributed by atoms with Gasteiger partial charge in [-0.15, -0.1) is 0 Å². The van der Waals surface area contributed by atoms with Crippen molar-refractivity contribution in [2.75, 3.05) is 45.2 Å². The Morgan fingerprint density at radius 3 is 2.94 bits per heavy atom. The van der Waals surface area contributed by atoms with Crippen molar-refractivity contribution in [2.45, 2.75) is 31.8 Å². The molecular formula is C24H29FN6O2. The monoisotopic (exact) mass is 452 g/mol. The van der Waals surface area contributed by atoms with E-state index in [1.807, 2.05) is 18.2 Å². The molecule has 3 aromatic heterocycles. The third-order valence-electron chi connectivity index (χ3n) is 6.35. The van der Waals surface area contributed by atoms with Crippen molar-refractivity contribution in [3.63, 3.8) is 0 Å². The number of nitrogens with zero attached hydrogens (tertiary/aromatic N) is 4. The van der Waals surface area contributed by atoms with Crippen molar-refractivity contribution in [3.8, 4) is 11.6 Å². The number of likely N-dealkylation sites (tertiary alicyclic amines) is 1. The molecule has 0 radical (unpaired) electrons. The topological polar surface area (TPSA) is 84.4 Å². The van der Waals surface area contributed by atoms with Gasteiger partial charge in [-0.1, -0.05) is 0 Å². The molecule has 9 heteroatoms. The van der Waals surface area contributed by atoms with Crippen molar-refractivity contribution < 1.29 is 13.9 Å². The number of nitrogens with one attached hydrogen (secondary N) is 2.